The molecule has 36 heavy (non-hydrogen) atoms. The molecule has 0 spiro atoms. The van der Waals surface area contributed by atoms with Gasteiger partial charge >= 0.3 is 6.09 Å². The molecule has 1 aromatic heterocycles. The zero-order valence-corrected chi connectivity index (χ0v) is 21.8. The number of carbonyl (C=O) groups excluding carboxylic acids is 4. The summed E-state index contributed by atoms with van der Waals surface area (Å²) in [4.78, 5) is 51.2. The molecule has 0 fully saturated rings. The van der Waals surface area contributed by atoms with E-state index in [4.69, 9.17) is 9.15 Å². The van der Waals surface area contributed by atoms with E-state index in [0.717, 1.165) is 5.56 Å². The molecule has 0 saturated heterocycles. The van der Waals surface area contributed by atoms with Crippen molar-refractivity contribution in [3.63, 3.8) is 0 Å². The molecule has 0 aliphatic rings. The van der Waals surface area contributed by atoms with Crippen molar-refractivity contribution in [3.8, 4) is 0 Å². The second-order valence-corrected chi connectivity index (χ2v) is 10.2. The van der Waals surface area contributed by atoms with E-state index in [1.165, 1.54) is 13.2 Å². The van der Waals surface area contributed by atoms with Gasteiger partial charge in [-0.3, -0.25) is 14.4 Å². The molecule has 3 unspecified atom stereocenters. The maximum absolute atomic E-state index is 13.1. The van der Waals surface area contributed by atoms with Gasteiger partial charge < -0.3 is 25.1 Å². The summed E-state index contributed by atoms with van der Waals surface area (Å²) in [6.45, 7) is 10.6. The molecule has 1 aromatic carbocycles. The zero-order chi connectivity index (χ0) is 26.9. The molecule has 3 amide bonds. The van der Waals surface area contributed by atoms with Crippen LogP contribution in [0.2, 0.25) is 0 Å². The first-order chi connectivity index (χ1) is 16.9. The van der Waals surface area contributed by atoms with E-state index in [0.29, 0.717) is 6.42 Å². The number of nitrogens with one attached hydrogen (secondary N) is 3. The van der Waals surface area contributed by atoms with Crippen LogP contribution >= 0.6 is 0 Å². The number of benzene rings is 1. The van der Waals surface area contributed by atoms with E-state index in [1.54, 1.807) is 32.9 Å². The molecule has 3 atom stereocenters. The van der Waals surface area contributed by atoms with Gasteiger partial charge in [0.05, 0.1) is 12.3 Å². The topological polar surface area (TPSA) is 127 Å². The Morgan fingerprint density at radius 3 is 2.08 bits per heavy atom. The van der Waals surface area contributed by atoms with Gasteiger partial charge in [-0.25, -0.2) is 4.79 Å². The van der Waals surface area contributed by atoms with E-state index >= 15 is 0 Å². The number of carbonyl (C=O) groups is 4. The summed E-state index contributed by atoms with van der Waals surface area (Å²) < 4.78 is 10.5. The van der Waals surface area contributed by atoms with Gasteiger partial charge in [0.25, 0.3) is 0 Å². The van der Waals surface area contributed by atoms with Crippen molar-refractivity contribution in [2.24, 2.45) is 5.92 Å². The van der Waals surface area contributed by atoms with Crippen LogP contribution in [0.15, 0.2) is 53.1 Å². The highest BCUT2D eigenvalue weighted by Gasteiger charge is 2.30. The molecule has 2 aromatic rings. The number of ether oxygens (including phenoxy) is 1. The minimum Gasteiger partial charge on any atom is -0.461 e. The highest BCUT2D eigenvalue weighted by atomic mass is 16.6. The van der Waals surface area contributed by atoms with E-state index < -0.39 is 41.6 Å². The third-order valence-corrected chi connectivity index (χ3v) is 5.15. The molecule has 9 nitrogen and oxygen atoms in total. The molecule has 0 aliphatic carbocycles. The molecule has 0 radical (unpaired) electrons. The van der Waals surface area contributed by atoms with Crippen molar-refractivity contribution in [3.05, 3.63) is 60.1 Å². The lowest BCUT2D eigenvalue weighted by Crippen LogP contribution is -2.55. The summed E-state index contributed by atoms with van der Waals surface area (Å²) in [7, 11) is 0. The van der Waals surface area contributed by atoms with Crippen LogP contribution in [-0.2, 0) is 20.7 Å². The van der Waals surface area contributed by atoms with Gasteiger partial charge in [-0.15, -0.1) is 0 Å². The Kier molecular flexibility index (Phi) is 10.3. The monoisotopic (exact) mass is 499 g/mol. The van der Waals surface area contributed by atoms with Gasteiger partial charge in [-0.2, -0.15) is 0 Å². The van der Waals surface area contributed by atoms with Crippen LogP contribution in [0.3, 0.4) is 0 Å². The molecule has 2 rings (SSSR count). The number of alkyl carbamates (subject to hydrolysis) is 1. The van der Waals surface area contributed by atoms with Crippen molar-refractivity contribution in [1.29, 1.82) is 0 Å². The first-order valence-corrected chi connectivity index (χ1v) is 12.1. The van der Waals surface area contributed by atoms with Gasteiger partial charge in [0, 0.05) is 6.42 Å². The summed E-state index contributed by atoms with van der Waals surface area (Å²) in [5.74, 6) is -1.13. The largest absolute Gasteiger partial charge is 0.461 e. The average molecular weight is 500 g/mol. The number of hydrogen-bond donors (Lipinski definition) is 3. The van der Waals surface area contributed by atoms with Crippen LogP contribution in [0.5, 0.6) is 0 Å². The summed E-state index contributed by atoms with van der Waals surface area (Å²) in [6, 6.07) is 9.60. The smallest absolute Gasteiger partial charge is 0.408 e. The molecule has 196 valence electrons. The normalized spacial score (nSPS) is 13.9. The Balaban J connectivity index is 2.09. The van der Waals surface area contributed by atoms with E-state index in [2.05, 4.69) is 16.0 Å². The van der Waals surface area contributed by atoms with Crippen LogP contribution < -0.4 is 16.0 Å². The first-order valence-electron chi connectivity index (χ1n) is 12.1. The van der Waals surface area contributed by atoms with Crippen molar-refractivity contribution < 1.29 is 28.3 Å². The van der Waals surface area contributed by atoms with Gasteiger partial charge in [0.15, 0.2) is 5.76 Å². The van der Waals surface area contributed by atoms with Crippen molar-refractivity contribution in [2.75, 3.05) is 0 Å². The number of Topliss-reactive ketones (excluding diaryl/α,β-unsaturated/α-hetero) is 1. The molecule has 3 N–H and O–H groups in total. The van der Waals surface area contributed by atoms with Crippen LogP contribution in [-0.4, -0.2) is 47.4 Å². The van der Waals surface area contributed by atoms with Gasteiger partial charge in [-0.1, -0.05) is 44.2 Å². The number of rotatable bonds is 11. The zero-order valence-electron chi connectivity index (χ0n) is 21.8. The fourth-order valence-electron chi connectivity index (χ4n) is 3.48. The number of ketones is 1. The Hall–Kier alpha value is -3.62. The molecule has 1 heterocycles. The minimum atomic E-state index is -0.978. The third kappa shape index (κ3) is 9.56. The molecule has 0 saturated carbocycles. The lowest BCUT2D eigenvalue weighted by atomic mass is 9.98. The molecule has 0 bridgehead atoms. The Morgan fingerprint density at radius 2 is 1.53 bits per heavy atom. The maximum atomic E-state index is 13.1. The van der Waals surface area contributed by atoms with Gasteiger partial charge in [-0.05, 0) is 57.7 Å². The fraction of sp³-hybridized carbons (Fsp3) is 0.481. The van der Waals surface area contributed by atoms with Gasteiger partial charge in [0.2, 0.25) is 17.6 Å². The van der Waals surface area contributed by atoms with Gasteiger partial charge in [0.1, 0.15) is 17.7 Å². The highest BCUT2D eigenvalue weighted by molar-refractivity contribution is 6.00. The van der Waals surface area contributed by atoms with E-state index in [-0.39, 0.29) is 23.9 Å². The van der Waals surface area contributed by atoms with Crippen molar-refractivity contribution in [2.45, 2.75) is 78.1 Å². The molecular weight excluding hydrogens is 462 g/mol. The summed E-state index contributed by atoms with van der Waals surface area (Å²) in [5, 5.41) is 7.97. The predicted octanol–water partition coefficient (Wildman–Crippen LogP) is 3.63. The molecular formula is C27H37N3O6. The Labute approximate surface area is 212 Å². The number of amides is 3. The Bertz CT molecular complexity index is 1010. The second-order valence-electron chi connectivity index (χ2n) is 10.2. The SMILES string of the molecule is CC(C)CC(NC(=O)C(C)NC(=O)C(Cc1ccccc1)NC(=O)OC(C)(C)C)C(=O)c1ccco1. The quantitative estimate of drug-likeness (QED) is 0.405. The van der Waals surface area contributed by atoms with Crippen LogP contribution in [0.25, 0.3) is 0 Å². The molecule has 9 heteroatoms. The third-order valence-electron chi connectivity index (χ3n) is 5.15. The summed E-state index contributed by atoms with van der Waals surface area (Å²) in [6.07, 6.45) is 1.27. The summed E-state index contributed by atoms with van der Waals surface area (Å²) in [5.41, 5.74) is 0.0867. The summed E-state index contributed by atoms with van der Waals surface area (Å²) >= 11 is 0. The first kappa shape index (κ1) is 28.6. The van der Waals surface area contributed by atoms with Crippen molar-refractivity contribution in [1.82, 2.24) is 16.0 Å². The average Bonchev–Trinajstić information content (AvgIpc) is 3.31. The standard InChI is InChI=1S/C27H37N3O6/c1-17(2)15-20(23(31)22-13-10-14-35-22)29-24(32)18(3)28-25(33)21(16-19-11-8-7-9-12-19)30-26(34)36-27(4,5)6/h7-14,17-18,20-21H,15-16H2,1-6H3,(H,28,33)(H,29,32)(H,30,34). The lowest BCUT2D eigenvalue weighted by Gasteiger charge is -2.25. The predicted molar refractivity (Wildman–Crippen MR) is 135 cm³/mol. The fourth-order valence-corrected chi connectivity index (χ4v) is 3.48. The van der Waals surface area contributed by atoms with E-state index in [1.807, 2.05) is 44.2 Å². The molecule has 0 aliphatic heterocycles. The highest BCUT2D eigenvalue weighted by Crippen LogP contribution is 2.13. The van der Waals surface area contributed by atoms with Crippen molar-refractivity contribution >= 4 is 23.7 Å². The Morgan fingerprint density at radius 1 is 0.861 bits per heavy atom. The van der Waals surface area contributed by atoms with Crippen LogP contribution in [0, 0.1) is 5.92 Å². The minimum absolute atomic E-state index is 0.132. The van der Waals surface area contributed by atoms with Crippen LogP contribution in [0.4, 0.5) is 4.79 Å². The number of furan rings is 1. The lowest BCUT2D eigenvalue weighted by molar-refractivity contribution is -0.129. The van der Waals surface area contributed by atoms with E-state index in [9.17, 15) is 19.2 Å². The maximum Gasteiger partial charge on any atom is 0.408 e. The second kappa shape index (κ2) is 12.9. The number of hydrogen-bond acceptors (Lipinski definition) is 6. The van der Waals surface area contributed by atoms with Crippen LogP contribution in [0.1, 0.15) is 64.1 Å².